The fourth-order valence-corrected chi connectivity index (χ4v) is 2.85. The lowest BCUT2D eigenvalue weighted by atomic mass is 10.1. The number of rotatable bonds is 8. The molecule has 0 spiro atoms. The maximum Gasteiger partial charge on any atom is 0.335 e. The monoisotopic (exact) mass is 363 g/mol. The number of hydrogen-bond acceptors (Lipinski definition) is 5. The molecule has 0 bridgehead atoms. The maximum atomic E-state index is 12.5. The van der Waals surface area contributed by atoms with Gasteiger partial charge in [-0.25, -0.2) is 4.79 Å². The van der Waals surface area contributed by atoms with E-state index in [9.17, 15) is 9.59 Å². The number of ether oxygens (including phenoxy) is 3. The summed E-state index contributed by atoms with van der Waals surface area (Å²) in [6.45, 7) is 6.80. The summed E-state index contributed by atoms with van der Waals surface area (Å²) in [5.74, 6) is -0.777. The Morgan fingerprint density at radius 2 is 2.00 bits per heavy atom. The second-order valence-electron chi connectivity index (χ2n) is 6.81. The highest BCUT2D eigenvalue weighted by molar-refractivity contribution is 5.84. The summed E-state index contributed by atoms with van der Waals surface area (Å²) in [5, 5.41) is 0. The molecule has 0 radical (unpaired) electrons. The van der Waals surface area contributed by atoms with Crippen molar-refractivity contribution in [2.24, 2.45) is 0 Å². The summed E-state index contributed by atoms with van der Waals surface area (Å²) in [6.07, 6.45) is 0.428. The van der Waals surface area contributed by atoms with E-state index in [-0.39, 0.29) is 12.0 Å². The lowest BCUT2D eigenvalue weighted by Gasteiger charge is -2.23. The van der Waals surface area contributed by atoms with Crippen molar-refractivity contribution in [2.45, 2.75) is 58.5 Å². The van der Waals surface area contributed by atoms with E-state index in [1.54, 1.807) is 25.8 Å². The van der Waals surface area contributed by atoms with E-state index in [0.29, 0.717) is 13.2 Å². The van der Waals surface area contributed by atoms with Crippen LogP contribution in [0.15, 0.2) is 24.3 Å². The highest BCUT2D eigenvalue weighted by Crippen LogP contribution is 2.14. The molecule has 0 saturated carbocycles. The third-order valence-electron chi connectivity index (χ3n) is 4.57. The third kappa shape index (κ3) is 5.81. The van der Waals surface area contributed by atoms with Crippen molar-refractivity contribution >= 4 is 11.9 Å². The standard InChI is InChI=1S/C20H29NO5/c1-14-8-5-6-9-17(14)12-21(4)19(22)15(2)26-20(23)16(3)25-13-18-10-7-11-24-18/h5-6,8-9,15-16,18H,7,10-13H2,1-4H3. The number of amides is 1. The second kappa shape index (κ2) is 9.69. The summed E-state index contributed by atoms with van der Waals surface area (Å²) < 4.78 is 16.3. The van der Waals surface area contributed by atoms with Crippen LogP contribution in [0.4, 0.5) is 0 Å². The van der Waals surface area contributed by atoms with Crippen molar-refractivity contribution in [1.29, 1.82) is 0 Å². The van der Waals surface area contributed by atoms with Gasteiger partial charge in [0.2, 0.25) is 0 Å². The molecule has 144 valence electrons. The van der Waals surface area contributed by atoms with Crippen molar-refractivity contribution in [3.8, 4) is 0 Å². The SMILES string of the molecule is Cc1ccccc1CN(C)C(=O)C(C)OC(=O)C(C)OCC1CCCO1. The largest absolute Gasteiger partial charge is 0.451 e. The van der Waals surface area contributed by atoms with Crippen LogP contribution in [0.5, 0.6) is 0 Å². The van der Waals surface area contributed by atoms with Crippen LogP contribution in [-0.4, -0.2) is 55.3 Å². The summed E-state index contributed by atoms with van der Waals surface area (Å²) in [6, 6.07) is 7.89. The van der Waals surface area contributed by atoms with Gasteiger partial charge in [0.05, 0.1) is 12.7 Å². The predicted molar refractivity (Wildman–Crippen MR) is 97.6 cm³/mol. The van der Waals surface area contributed by atoms with Gasteiger partial charge in [-0.1, -0.05) is 24.3 Å². The first-order valence-corrected chi connectivity index (χ1v) is 9.11. The highest BCUT2D eigenvalue weighted by Gasteiger charge is 2.26. The smallest absolute Gasteiger partial charge is 0.335 e. The molecule has 0 aliphatic carbocycles. The zero-order valence-corrected chi connectivity index (χ0v) is 16.1. The van der Waals surface area contributed by atoms with Gasteiger partial charge in [0, 0.05) is 20.2 Å². The Hall–Kier alpha value is -1.92. The van der Waals surface area contributed by atoms with Crippen LogP contribution in [0, 0.1) is 6.92 Å². The van der Waals surface area contributed by atoms with E-state index in [0.717, 1.165) is 30.6 Å². The van der Waals surface area contributed by atoms with Gasteiger partial charge in [0.15, 0.2) is 12.2 Å². The van der Waals surface area contributed by atoms with E-state index in [1.807, 2.05) is 31.2 Å². The molecule has 0 N–H and O–H groups in total. The Bertz CT molecular complexity index is 612. The molecule has 6 heteroatoms. The van der Waals surface area contributed by atoms with Gasteiger partial charge in [-0.2, -0.15) is 0 Å². The van der Waals surface area contributed by atoms with Crippen molar-refractivity contribution in [1.82, 2.24) is 4.90 Å². The number of aryl methyl sites for hydroxylation is 1. The minimum Gasteiger partial charge on any atom is -0.451 e. The van der Waals surface area contributed by atoms with Crippen LogP contribution in [0.2, 0.25) is 0 Å². The second-order valence-corrected chi connectivity index (χ2v) is 6.81. The van der Waals surface area contributed by atoms with Gasteiger partial charge in [-0.3, -0.25) is 4.79 Å². The van der Waals surface area contributed by atoms with Crippen LogP contribution < -0.4 is 0 Å². The number of nitrogens with zero attached hydrogens (tertiary/aromatic N) is 1. The highest BCUT2D eigenvalue weighted by atomic mass is 16.6. The number of likely N-dealkylation sites (N-methyl/N-ethyl adjacent to an activating group) is 1. The Morgan fingerprint density at radius 3 is 2.65 bits per heavy atom. The van der Waals surface area contributed by atoms with Crippen molar-refractivity contribution in [3.05, 3.63) is 35.4 Å². The molecule has 1 aromatic carbocycles. The number of carbonyl (C=O) groups is 2. The number of esters is 1. The molecule has 1 amide bonds. The molecule has 1 saturated heterocycles. The van der Waals surface area contributed by atoms with Gasteiger partial charge in [0.25, 0.3) is 5.91 Å². The average Bonchev–Trinajstić information content (AvgIpc) is 3.14. The fraction of sp³-hybridized carbons (Fsp3) is 0.600. The molecular formula is C20H29NO5. The van der Waals surface area contributed by atoms with Crippen molar-refractivity contribution in [2.75, 3.05) is 20.3 Å². The molecule has 3 unspecified atom stereocenters. The zero-order chi connectivity index (χ0) is 19.1. The first kappa shape index (κ1) is 20.4. The minimum atomic E-state index is -0.856. The molecule has 1 fully saturated rings. The molecule has 26 heavy (non-hydrogen) atoms. The van der Waals surface area contributed by atoms with Crippen LogP contribution in [-0.2, 0) is 30.3 Å². The lowest BCUT2D eigenvalue weighted by Crippen LogP contribution is -2.39. The Labute approximate surface area is 155 Å². The molecule has 1 aromatic rings. The number of carbonyl (C=O) groups excluding carboxylic acids is 2. The molecule has 1 aliphatic rings. The number of benzene rings is 1. The van der Waals surface area contributed by atoms with Gasteiger partial charge < -0.3 is 19.1 Å². The van der Waals surface area contributed by atoms with Crippen LogP contribution >= 0.6 is 0 Å². The summed E-state index contributed by atoms with van der Waals surface area (Å²) >= 11 is 0. The van der Waals surface area contributed by atoms with E-state index in [2.05, 4.69) is 0 Å². The molecule has 1 aliphatic heterocycles. The molecule has 6 nitrogen and oxygen atoms in total. The molecular weight excluding hydrogens is 334 g/mol. The fourth-order valence-electron chi connectivity index (χ4n) is 2.85. The minimum absolute atomic E-state index is 0.0459. The maximum absolute atomic E-state index is 12.5. The Kier molecular flexibility index (Phi) is 7.60. The topological polar surface area (TPSA) is 65.1 Å². The van der Waals surface area contributed by atoms with Crippen molar-refractivity contribution in [3.63, 3.8) is 0 Å². The van der Waals surface area contributed by atoms with Crippen LogP contribution in [0.25, 0.3) is 0 Å². The summed E-state index contributed by atoms with van der Waals surface area (Å²) in [7, 11) is 1.70. The number of hydrogen-bond donors (Lipinski definition) is 0. The zero-order valence-electron chi connectivity index (χ0n) is 16.1. The van der Waals surface area contributed by atoms with E-state index in [4.69, 9.17) is 14.2 Å². The van der Waals surface area contributed by atoms with Crippen LogP contribution in [0.1, 0.15) is 37.8 Å². The first-order chi connectivity index (χ1) is 12.4. The van der Waals surface area contributed by atoms with Gasteiger partial charge >= 0.3 is 5.97 Å². The summed E-state index contributed by atoms with van der Waals surface area (Å²) in [5.41, 5.74) is 2.18. The van der Waals surface area contributed by atoms with Gasteiger partial charge in [-0.05, 0) is 44.7 Å². The molecule has 0 aromatic heterocycles. The predicted octanol–water partition coefficient (Wildman–Crippen LogP) is 2.47. The van der Waals surface area contributed by atoms with Gasteiger partial charge in [0.1, 0.15) is 0 Å². The van der Waals surface area contributed by atoms with E-state index < -0.39 is 18.2 Å². The normalized spacial score (nSPS) is 19.0. The first-order valence-electron chi connectivity index (χ1n) is 9.11. The molecule has 2 rings (SSSR count). The van der Waals surface area contributed by atoms with Gasteiger partial charge in [-0.15, -0.1) is 0 Å². The lowest BCUT2D eigenvalue weighted by molar-refractivity contribution is -0.169. The molecule has 3 atom stereocenters. The Balaban J connectivity index is 1.79. The average molecular weight is 363 g/mol. The Morgan fingerprint density at radius 1 is 1.27 bits per heavy atom. The quantitative estimate of drug-likeness (QED) is 0.664. The third-order valence-corrected chi connectivity index (χ3v) is 4.57. The van der Waals surface area contributed by atoms with E-state index in [1.165, 1.54) is 0 Å². The summed E-state index contributed by atoms with van der Waals surface area (Å²) in [4.78, 5) is 26.2. The van der Waals surface area contributed by atoms with E-state index >= 15 is 0 Å². The molecule has 1 heterocycles. The van der Waals surface area contributed by atoms with Crippen LogP contribution in [0.3, 0.4) is 0 Å². The van der Waals surface area contributed by atoms with Crippen molar-refractivity contribution < 1.29 is 23.8 Å².